The van der Waals surface area contributed by atoms with Crippen LogP contribution < -0.4 is 0 Å². The maximum atomic E-state index is 13.6. The van der Waals surface area contributed by atoms with Crippen LogP contribution in [0.1, 0.15) is 66.9 Å². The average Bonchev–Trinajstić information content (AvgIpc) is 3.41. The Morgan fingerprint density at radius 1 is 1.03 bits per heavy atom. The van der Waals surface area contributed by atoms with Crippen molar-refractivity contribution in [2.45, 2.75) is 57.8 Å². The highest BCUT2D eigenvalue weighted by atomic mass is 19.1. The van der Waals surface area contributed by atoms with E-state index in [-0.39, 0.29) is 5.82 Å². The molecular weight excluding hydrogens is 459 g/mol. The molecule has 4 aromatic rings. The molecule has 4 fully saturated rings. The predicted molar refractivity (Wildman–Crippen MR) is 145 cm³/mol. The molecule has 0 aliphatic heterocycles. The van der Waals surface area contributed by atoms with E-state index >= 15 is 0 Å². The SMILES string of the molecule is Cc1cc(/C=C(/C#N)c2nc3ccc(F)cc3[nH]2)c(C)n1-c1ccc(C23CC4CC(CC(C4)C2)C3)cc1. The lowest BCUT2D eigenvalue weighted by atomic mass is 9.48. The van der Waals surface area contributed by atoms with Crippen LogP contribution in [0, 0.1) is 48.7 Å². The van der Waals surface area contributed by atoms with Gasteiger partial charge in [-0.1, -0.05) is 12.1 Å². The molecule has 0 saturated heterocycles. The number of imidazole rings is 1. The van der Waals surface area contributed by atoms with Crippen molar-refractivity contribution in [3.05, 3.63) is 82.7 Å². The molecule has 1 N–H and O–H groups in total. The molecule has 0 unspecified atom stereocenters. The zero-order valence-electron chi connectivity index (χ0n) is 21.4. The number of hydrogen-bond donors (Lipinski definition) is 1. The smallest absolute Gasteiger partial charge is 0.149 e. The third-order valence-corrected chi connectivity index (χ3v) is 9.37. The number of fused-ring (bicyclic) bond motifs is 1. The summed E-state index contributed by atoms with van der Waals surface area (Å²) < 4.78 is 15.9. The van der Waals surface area contributed by atoms with Crippen molar-refractivity contribution < 1.29 is 4.39 Å². The van der Waals surface area contributed by atoms with E-state index < -0.39 is 0 Å². The monoisotopic (exact) mass is 490 g/mol. The van der Waals surface area contributed by atoms with Gasteiger partial charge in [-0.05, 0) is 129 Å². The highest BCUT2D eigenvalue weighted by Crippen LogP contribution is 2.60. The van der Waals surface area contributed by atoms with Crippen molar-refractivity contribution in [2.75, 3.05) is 0 Å². The molecule has 4 bridgehead atoms. The summed E-state index contributed by atoms with van der Waals surface area (Å²) in [6.45, 7) is 4.20. The average molecular weight is 491 g/mol. The molecule has 4 nitrogen and oxygen atoms in total. The van der Waals surface area contributed by atoms with E-state index in [2.05, 4.69) is 64.8 Å². The maximum absolute atomic E-state index is 13.6. The van der Waals surface area contributed by atoms with Gasteiger partial charge in [0, 0.05) is 17.1 Å². The molecule has 5 heteroatoms. The van der Waals surface area contributed by atoms with Crippen LogP contribution in [0.2, 0.25) is 0 Å². The highest BCUT2D eigenvalue weighted by Gasteiger charge is 2.51. The van der Waals surface area contributed by atoms with Crippen molar-refractivity contribution >= 4 is 22.7 Å². The van der Waals surface area contributed by atoms with Gasteiger partial charge in [0.15, 0.2) is 0 Å². The number of rotatable bonds is 4. The third kappa shape index (κ3) is 3.65. The maximum Gasteiger partial charge on any atom is 0.149 e. The lowest BCUT2D eigenvalue weighted by molar-refractivity contribution is -0.00518. The minimum absolute atomic E-state index is 0.331. The zero-order valence-corrected chi connectivity index (χ0v) is 21.4. The number of benzene rings is 2. The molecule has 4 aliphatic carbocycles. The van der Waals surface area contributed by atoms with E-state index in [1.165, 1.54) is 56.2 Å². The minimum Gasteiger partial charge on any atom is -0.337 e. The zero-order chi connectivity index (χ0) is 25.3. The number of halogens is 1. The lowest BCUT2D eigenvalue weighted by Gasteiger charge is -2.57. The van der Waals surface area contributed by atoms with Crippen LogP contribution in [0.15, 0.2) is 48.5 Å². The van der Waals surface area contributed by atoms with Gasteiger partial charge in [0.05, 0.1) is 16.6 Å². The van der Waals surface area contributed by atoms with Gasteiger partial charge < -0.3 is 9.55 Å². The number of hydrogen-bond acceptors (Lipinski definition) is 2. The first-order chi connectivity index (χ1) is 17.9. The molecule has 2 aromatic carbocycles. The molecule has 0 spiro atoms. The number of aromatic amines is 1. The molecule has 4 saturated carbocycles. The summed E-state index contributed by atoms with van der Waals surface area (Å²) in [5, 5.41) is 9.89. The van der Waals surface area contributed by atoms with Gasteiger partial charge >= 0.3 is 0 Å². The second kappa shape index (κ2) is 8.18. The molecule has 2 aromatic heterocycles. The molecule has 37 heavy (non-hydrogen) atoms. The standard InChI is InChI=1S/C32H31FN4/c1-19-9-24(13-25(18-34)31-35-29-8-5-27(33)14-30(29)36-31)20(2)37(19)28-6-3-26(4-7-28)32-15-21-10-22(16-32)12-23(11-21)17-32/h3-9,13-14,21-23H,10-12,15-17H2,1-2H3,(H,35,36)/b25-13-. The van der Waals surface area contributed by atoms with E-state index in [0.29, 0.717) is 27.8 Å². The van der Waals surface area contributed by atoms with Crippen molar-refractivity contribution in [3.8, 4) is 11.8 Å². The Labute approximate surface area is 216 Å². The van der Waals surface area contributed by atoms with Gasteiger partial charge in [-0.3, -0.25) is 0 Å². The normalized spacial score (nSPS) is 26.6. The van der Waals surface area contributed by atoms with Crippen LogP contribution in [-0.2, 0) is 5.41 Å². The van der Waals surface area contributed by atoms with Crippen LogP contribution in [0.25, 0.3) is 28.4 Å². The van der Waals surface area contributed by atoms with Crippen molar-refractivity contribution in [2.24, 2.45) is 17.8 Å². The molecule has 8 rings (SSSR count). The lowest BCUT2D eigenvalue weighted by Crippen LogP contribution is -2.48. The number of aromatic nitrogens is 3. The fourth-order valence-electron chi connectivity index (χ4n) is 8.18. The quantitative estimate of drug-likeness (QED) is 0.299. The summed E-state index contributed by atoms with van der Waals surface area (Å²) in [5.74, 6) is 2.94. The summed E-state index contributed by atoms with van der Waals surface area (Å²) in [6.07, 6.45) is 10.4. The molecular formula is C32H31FN4. The van der Waals surface area contributed by atoms with E-state index in [1.807, 2.05) is 6.08 Å². The number of nitrogens with zero attached hydrogens (tertiary/aromatic N) is 3. The largest absolute Gasteiger partial charge is 0.337 e. The van der Waals surface area contributed by atoms with Crippen LogP contribution in [0.3, 0.4) is 0 Å². The molecule has 0 radical (unpaired) electrons. The first-order valence-corrected chi connectivity index (χ1v) is 13.5. The Kier molecular flexibility index (Phi) is 4.98. The van der Waals surface area contributed by atoms with Gasteiger partial charge in [0.1, 0.15) is 17.7 Å². The van der Waals surface area contributed by atoms with Gasteiger partial charge in [0.25, 0.3) is 0 Å². The number of nitrogens with one attached hydrogen (secondary N) is 1. The summed E-state index contributed by atoms with van der Waals surface area (Å²) in [7, 11) is 0. The van der Waals surface area contributed by atoms with E-state index in [4.69, 9.17) is 0 Å². The van der Waals surface area contributed by atoms with Crippen molar-refractivity contribution in [3.63, 3.8) is 0 Å². The number of allylic oxidation sites excluding steroid dienone is 1. The summed E-state index contributed by atoms with van der Waals surface area (Å²) in [4.78, 5) is 7.60. The van der Waals surface area contributed by atoms with Crippen LogP contribution in [0.5, 0.6) is 0 Å². The second-order valence-corrected chi connectivity index (χ2v) is 11.8. The topological polar surface area (TPSA) is 57.4 Å². The first-order valence-electron chi connectivity index (χ1n) is 13.5. The predicted octanol–water partition coefficient (Wildman–Crippen LogP) is 7.64. The van der Waals surface area contributed by atoms with Crippen LogP contribution in [-0.4, -0.2) is 14.5 Å². The van der Waals surface area contributed by atoms with E-state index in [0.717, 1.165) is 40.4 Å². The highest BCUT2D eigenvalue weighted by molar-refractivity contribution is 5.90. The van der Waals surface area contributed by atoms with Gasteiger partial charge in [-0.2, -0.15) is 5.26 Å². The fraction of sp³-hybridized carbons (Fsp3) is 0.375. The summed E-state index contributed by atoms with van der Waals surface area (Å²) in [5.41, 5.74) is 7.92. The Morgan fingerprint density at radius 3 is 2.35 bits per heavy atom. The van der Waals surface area contributed by atoms with Crippen molar-refractivity contribution in [1.82, 2.24) is 14.5 Å². The number of aryl methyl sites for hydroxylation is 1. The van der Waals surface area contributed by atoms with Crippen LogP contribution in [0.4, 0.5) is 4.39 Å². The Bertz CT molecular complexity index is 1560. The number of H-pyrrole nitrogens is 1. The van der Waals surface area contributed by atoms with E-state index in [1.54, 1.807) is 6.07 Å². The molecule has 0 amide bonds. The van der Waals surface area contributed by atoms with Crippen LogP contribution >= 0.6 is 0 Å². The molecule has 2 heterocycles. The summed E-state index contributed by atoms with van der Waals surface area (Å²) in [6, 6.07) is 18.1. The minimum atomic E-state index is -0.331. The second-order valence-electron chi connectivity index (χ2n) is 11.8. The van der Waals surface area contributed by atoms with Gasteiger partial charge in [-0.15, -0.1) is 0 Å². The first kappa shape index (κ1) is 22.5. The van der Waals surface area contributed by atoms with Gasteiger partial charge in [-0.25, -0.2) is 9.37 Å². The summed E-state index contributed by atoms with van der Waals surface area (Å²) >= 11 is 0. The van der Waals surface area contributed by atoms with Crippen molar-refractivity contribution in [1.29, 1.82) is 5.26 Å². The number of nitriles is 1. The third-order valence-electron chi connectivity index (χ3n) is 9.37. The Balaban J connectivity index is 1.21. The molecule has 4 aliphatic rings. The molecule has 186 valence electrons. The Hall–Kier alpha value is -3.65. The van der Waals surface area contributed by atoms with E-state index in [9.17, 15) is 9.65 Å². The van der Waals surface area contributed by atoms with Gasteiger partial charge in [0.2, 0.25) is 0 Å². The Morgan fingerprint density at radius 2 is 1.70 bits per heavy atom. The fourth-order valence-corrected chi connectivity index (χ4v) is 8.18. The molecule has 0 atom stereocenters.